The van der Waals surface area contributed by atoms with Crippen LogP contribution in [0.2, 0.25) is 0 Å². The Balaban J connectivity index is -0.00000264. The van der Waals surface area contributed by atoms with Crippen molar-refractivity contribution < 1.29 is 50.8 Å². The topological polar surface area (TPSA) is 89.9 Å². The van der Waals surface area contributed by atoms with E-state index in [9.17, 15) is 14.7 Å². The second-order valence-electron chi connectivity index (χ2n) is 6.42. The van der Waals surface area contributed by atoms with Gasteiger partial charge in [0.05, 0.1) is 6.54 Å². The van der Waals surface area contributed by atoms with Crippen molar-refractivity contribution >= 4 is 11.9 Å². The van der Waals surface area contributed by atoms with Crippen molar-refractivity contribution in [1.29, 1.82) is 0 Å². The molecule has 1 amide bonds. The molecule has 0 aromatic carbocycles. The number of hydrogen-bond donors (Lipinski definition) is 3. The number of carboxylic acids is 1. The van der Waals surface area contributed by atoms with Crippen molar-refractivity contribution in [3.8, 4) is 0 Å². The Kier molecular flexibility index (Phi) is 20.2. The van der Waals surface area contributed by atoms with Crippen LogP contribution in [0, 0.1) is 0 Å². The minimum atomic E-state index is -0.989. The fourth-order valence-corrected chi connectivity index (χ4v) is 2.60. The minimum Gasteiger partial charge on any atom is -1.00 e. The van der Waals surface area contributed by atoms with Gasteiger partial charge in [-0.2, -0.15) is 0 Å². The molecule has 3 N–H and O–H groups in total. The fraction of sp³-hybridized carbons (Fsp3) is 0.889. The van der Waals surface area contributed by atoms with Gasteiger partial charge in [0.15, 0.2) is 0 Å². The maximum absolute atomic E-state index is 11.7. The van der Waals surface area contributed by atoms with Gasteiger partial charge in [-0.15, -0.1) is 0 Å². The second kappa shape index (κ2) is 18.6. The first-order valence-corrected chi connectivity index (χ1v) is 9.38. The number of nitrogens with zero attached hydrogens (tertiary/aromatic N) is 1. The van der Waals surface area contributed by atoms with Crippen LogP contribution in [0.15, 0.2) is 0 Å². The molecule has 25 heavy (non-hydrogen) atoms. The van der Waals surface area contributed by atoms with Crippen LogP contribution in [0.4, 0.5) is 0 Å². The van der Waals surface area contributed by atoms with Crippen LogP contribution in [-0.4, -0.2) is 52.9 Å². The Hall–Kier alpha value is -0.140. The van der Waals surface area contributed by atoms with E-state index in [2.05, 4.69) is 12.2 Å². The van der Waals surface area contributed by atoms with Crippen molar-refractivity contribution in [1.82, 2.24) is 10.2 Å². The third-order valence-corrected chi connectivity index (χ3v) is 4.10. The van der Waals surface area contributed by atoms with E-state index in [1.165, 1.54) is 56.8 Å². The molecule has 0 saturated carbocycles. The number of amides is 1. The molecular formula is C18H37N2NaO4. The Labute approximate surface area is 176 Å². The number of aliphatic hydroxyl groups is 1. The number of rotatable bonds is 16. The van der Waals surface area contributed by atoms with Gasteiger partial charge >= 0.3 is 35.5 Å². The summed E-state index contributed by atoms with van der Waals surface area (Å²) in [6.45, 7) is 4.19. The van der Waals surface area contributed by atoms with Crippen LogP contribution >= 0.6 is 0 Å². The SMILES string of the molecule is CCCCCCCCCCCC(=O)NCCN(CC(=O)O)C(C)O.[H-].[Na+]. The molecule has 0 heterocycles. The predicted octanol–water partition coefficient (Wildman–Crippen LogP) is -0.135. The Morgan fingerprint density at radius 2 is 1.56 bits per heavy atom. The average Bonchev–Trinajstić information content (AvgIpc) is 2.51. The molecule has 1 atom stereocenters. The summed E-state index contributed by atoms with van der Waals surface area (Å²) in [5, 5.41) is 21.0. The van der Waals surface area contributed by atoms with E-state index in [0.29, 0.717) is 19.5 Å². The number of carbonyl (C=O) groups is 2. The van der Waals surface area contributed by atoms with Crippen LogP contribution in [0.5, 0.6) is 0 Å². The third-order valence-electron chi connectivity index (χ3n) is 4.10. The molecule has 0 aromatic heterocycles. The number of nitrogens with one attached hydrogen (secondary N) is 1. The van der Waals surface area contributed by atoms with Crippen molar-refractivity contribution in [2.45, 2.75) is 84.3 Å². The summed E-state index contributed by atoms with van der Waals surface area (Å²) in [5.41, 5.74) is 0. The van der Waals surface area contributed by atoms with Crippen LogP contribution < -0.4 is 34.9 Å². The van der Waals surface area contributed by atoms with Gasteiger partial charge in [0, 0.05) is 19.5 Å². The van der Waals surface area contributed by atoms with E-state index in [1.807, 2.05) is 0 Å². The average molecular weight is 368 g/mol. The van der Waals surface area contributed by atoms with Gasteiger partial charge in [-0.05, 0) is 13.3 Å². The fourth-order valence-electron chi connectivity index (χ4n) is 2.60. The maximum atomic E-state index is 11.7. The second-order valence-corrected chi connectivity index (χ2v) is 6.42. The van der Waals surface area contributed by atoms with Crippen LogP contribution in [0.25, 0.3) is 0 Å². The molecule has 0 fully saturated rings. The standard InChI is InChI=1S/C18H36N2O4.Na.H/c1-3-4-5-6-7-8-9-10-11-12-17(22)19-13-14-20(16(2)21)15-18(23)24;;/h16,21H,3-15H2,1-2H3,(H,19,22)(H,23,24);;/q;+1;-1. The largest absolute Gasteiger partial charge is 1.00 e. The quantitative estimate of drug-likeness (QED) is 0.201. The van der Waals surface area contributed by atoms with Gasteiger partial charge in [-0.3, -0.25) is 14.5 Å². The van der Waals surface area contributed by atoms with Crippen molar-refractivity contribution in [2.75, 3.05) is 19.6 Å². The summed E-state index contributed by atoms with van der Waals surface area (Å²) in [6, 6.07) is 0. The van der Waals surface area contributed by atoms with Crippen molar-refractivity contribution in [2.24, 2.45) is 0 Å². The van der Waals surface area contributed by atoms with Gasteiger partial charge in [-0.1, -0.05) is 58.3 Å². The van der Waals surface area contributed by atoms with Gasteiger partial charge < -0.3 is 17.0 Å². The molecule has 0 aliphatic heterocycles. The van der Waals surface area contributed by atoms with E-state index >= 15 is 0 Å². The molecular weight excluding hydrogens is 331 g/mol. The van der Waals surface area contributed by atoms with Gasteiger partial charge in [-0.25, -0.2) is 0 Å². The molecule has 0 rings (SSSR count). The molecule has 0 bridgehead atoms. The smallest absolute Gasteiger partial charge is 1.00 e. The van der Waals surface area contributed by atoms with E-state index in [0.717, 1.165) is 12.8 Å². The molecule has 144 valence electrons. The molecule has 0 aromatic rings. The molecule has 0 spiro atoms. The summed E-state index contributed by atoms with van der Waals surface area (Å²) in [4.78, 5) is 23.8. The first-order valence-electron chi connectivity index (χ1n) is 9.38. The zero-order chi connectivity index (χ0) is 18.2. The van der Waals surface area contributed by atoms with E-state index < -0.39 is 12.2 Å². The van der Waals surface area contributed by atoms with Crippen molar-refractivity contribution in [3.05, 3.63) is 0 Å². The van der Waals surface area contributed by atoms with Crippen LogP contribution in [0.1, 0.15) is 79.5 Å². The minimum absolute atomic E-state index is 0. The third kappa shape index (κ3) is 18.4. The molecule has 0 radical (unpaired) electrons. The van der Waals surface area contributed by atoms with Crippen molar-refractivity contribution in [3.63, 3.8) is 0 Å². The first-order chi connectivity index (χ1) is 11.5. The molecule has 0 saturated heterocycles. The maximum Gasteiger partial charge on any atom is 1.00 e. The number of carboxylic acid groups (broad SMARTS) is 1. The molecule has 6 nitrogen and oxygen atoms in total. The Bertz CT molecular complexity index is 347. The summed E-state index contributed by atoms with van der Waals surface area (Å²) in [5.74, 6) is -0.990. The monoisotopic (exact) mass is 368 g/mol. The molecule has 7 heteroatoms. The summed E-state index contributed by atoms with van der Waals surface area (Å²) < 4.78 is 0. The Morgan fingerprint density at radius 3 is 2.04 bits per heavy atom. The van der Waals surface area contributed by atoms with Crippen LogP contribution in [-0.2, 0) is 9.59 Å². The summed E-state index contributed by atoms with van der Waals surface area (Å²) in [6.07, 6.45) is 10.7. The van der Waals surface area contributed by atoms with Gasteiger partial charge in [0.25, 0.3) is 0 Å². The molecule has 1 unspecified atom stereocenters. The predicted molar refractivity (Wildman–Crippen MR) is 96.9 cm³/mol. The number of hydrogen-bond acceptors (Lipinski definition) is 4. The number of carbonyl (C=O) groups excluding carboxylic acids is 1. The van der Waals surface area contributed by atoms with Gasteiger partial charge in [0.1, 0.15) is 6.23 Å². The number of aliphatic carboxylic acids is 1. The van der Waals surface area contributed by atoms with E-state index in [-0.39, 0.29) is 43.4 Å². The zero-order valence-corrected chi connectivity index (χ0v) is 18.4. The zero-order valence-electron chi connectivity index (χ0n) is 17.4. The van der Waals surface area contributed by atoms with Gasteiger partial charge in [0.2, 0.25) is 5.91 Å². The van der Waals surface area contributed by atoms with E-state index in [4.69, 9.17) is 5.11 Å². The number of unbranched alkanes of at least 4 members (excludes halogenated alkanes) is 8. The van der Waals surface area contributed by atoms with Crippen LogP contribution in [0.3, 0.4) is 0 Å². The Morgan fingerprint density at radius 1 is 1.04 bits per heavy atom. The number of aliphatic hydroxyl groups excluding tert-OH is 1. The molecule has 0 aliphatic rings. The summed E-state index contributed by atoms with van der Waals surface area (Å²) in [7, 11) is 0. The van der Waals surface area contributed by atoms with E-state index in [1.54, 1.807) is 0 Å². The molecule has 0 aliphatic carbocycles. The summed E-state index contributed by atoms with van der Waals surface area (Å²) >= 11 is 0. The normalized spacial score (nSPS) is 11.8. The first kappa shape index (κ1) is 27.1.